The standard InChI is InChI=1S/C25H26N4O2/c1-17-6-5-7-19(14-17)29-15-21(20-8-3-4-9-22(20)30-2)23-24(26-16-27-25(23)29)28-18-10-12-31-13-11-18/h3-9,14-16,18H,10-13H2,1-2H3,(H,26,27,28). The maximum atomic E-state index is 5.69. The first-order valence-corrected chi connectivity index (χ1v) is 10.7. The first-order valence-electron chi connectivity index (χ1n) is 10.7. The molecular weight excluding hydrogens is 388 g/mol. The highest BCUT2D eigenvalue weighted by Gasteiger charge is 2.22. The molecule has 1 N–H and O–H groups in total. The van der Waals surface area contributed by atoms with Gasteiger partial charge in [0.15, 0.2) is 5.65 Å². The van der Waals surface area contributed by atoms with Crippen LogP contribution in [0.15, 0.2) is 61.1 Å². The van der Waals surface area contributed by atoms with E-state index in [1.165, 1.54) is 5.56 Å². The van der Waals surface area contributed by atoms with Gasteiger partial charge in [-0.1, -0.05) is 30.3 Å². The maximum absolute atomic E-state index is 5.69. The topological polar surface area (TPSA) is 61.2 Å². The molecule has 2 aromatic heterocycles. The molecule has 0 spiro atoms. The molecule has 0 saturated carbocycles. The van der Waals surface area contributed by atoms with Gasteiger partial charge in [-0.05, 0) is 43.5 Å². The van der Waals surface area contributed by atoms with Gasteiger partial charge < -0.3 is 19.4 Å². The maximum Gasteiger partial charge on any atom is 0.150 e. The number of rotatable bonds is 5. The predicted molar refractivity (Wildman–Crippen MR) is 123 cm³/mol. The van der Waals surface area contributed by atoms with Gasteiger partial charge in [-0.2, -0.15) is 0 Å². The van der Waals surface area contributed by atoms with Crippen LogP contribution in [0.5, 0.6) is 5.75 Å². The highest BCUT2D eigenvalue weighted by molar-refractivity contribution is 6.03. The van der Waals surface area contributed by atoms with Gasteiger partial charge in [-0.25, -0.2) is 9.97 Å². The quantitative estimate of drug-likeness (QED) is 0.498. The number of nitrogens with one attached hydrogen (secondary N) is 1. The van der Waals surface area contributed by atoms with Crippen LogP contribution >= 0.6 is 0 Å². The number of hydrogen-bond donors (Lipinski definition) is 1. The van der Waals surface area contributed by atoms with Gasteiger partial charge in [0.25, 0.3) is 0 Å². The van der Waals surface area contributed by atoms with Crippen LogP contribution in [0.25, 0.3) is 27.8 Å². The molecule has 6 heteroatoms. The van der Waals surface area contributed by atoms with E-state index in [9.17, 15) is 0 Å². The fourth-order valence-electron chi connectivity index (χ4n) is 4.25. The van der Waals surface area contributed by atoms with Crippen LogP contribution in [-0.4, -0.2) is 40.9 Å². The van der Waals surface area contributed by atoms with E-state index in [1.807, 2.05) is 18.2 Å². The summed E-state index contributed by atoms with van der Waals surface area (Å²) < 4.78 is 13.4. The molecule has 0 atom stereocenters. The Balaban J connectivity index is 1.73. The van der Waals surface area contributed by atoms with E-state index in [0.29, 0.717) is 6.04 Å². The average Bonchev–Trinajstić information content (AvgIpc) is 3.20. The number of methoxy groups -OCH3 is 1. The van der Waals surface area contributed by atoms with Gasteiger partial charge >= 0.3 is 0 Å². The molecule has 2 aromatic carbocycles. The number of hydrogen-bond acceptors (Lipinski definition) is 5. The van der Waals surface area contributed by atoms with Crippen LogP contribution in [0.4, 0.5) is 5.82 Å². The van der Waals surface area contributed by atoms with Crippen molar-refractivity contribution in [1.82, 2.24) is 14.5 Å². The Morgan fingerprint density at radius 2 is 1.87 bits per heavy atom. The molecule has 158 valence electrons. The van der Waals surface area contributed by atoms with Crippen LogP contribution in [0.1, 0.15) is 18.4 Å². The Bertz CT molecular complexity index is 1210. The molecule has 1 aliphatic heterocycles. The highest BCUT2D eigenvalue weighted by atomic mass is 16.5. The number of nitrogens with zero attached hydrogens (tertiary/aromatic N) is 3. The average molecular weight is 415 g/mol. The predicted octanol–water partition coefficient (Wildman–Crippen LogP) is 5.00. The first kappa shape index (κ1) is 19.6. The van der Waals surface area contributed by atoms with E-state index in [2.05, 4.69) is 63.3 Å². The zero-order valence-corrected chi connectivity index (χ0v) is 17.8. The molecule has 0 radical (unpaired) electrons. The van der Waals surface area contributed by atoms with Crippen molar-refractivity contribution in [2.45, 2.75) is 25.8 Å². The second-order valence-electron chi connectivity index (χ2n) is 7.90. The zero-order chi connectivity index (χ0) is 21.2. The molecule has 6 nitrogen and oxygen atoms in total. The minimum absolute atomic E-state index is 0.333. The van der Waals surface area contributed by atoms with Gasteiger partial charge in [-0.15, -0.1) is 0 Å². The Hall–Kier alpha value is -3.38. The van der Waals surface area contributed by atoms with Crippen LogP contribution < -0.4 is 10.1 Å². The molecule has 0 unspecified atom stereocenters. The lowest BCUT2D eigenvalue weighted by molar-refractivity contribution is 0.0904. The molecule has 31 heavy (non-hydrogen) atoms. The zero-order valence-electron chi connectivity index (χ0n) is 17.8. The molecule has 0 bridgehead atoms. The molecule has 0 aliphatic carbocycles. The molecule has 3 heterocycles. The normalized spacial score (nSPS) is 14.6. The smallest absolute Gasteiger partial charge is 0.150 e. The monoisotopic (exact) mass is 414 g/mol. The summed E-state index contributed by atoms with van der Waals surface area (Å²) in [4.78, 5) is 9.34. The van der Waals surface area contributed by atoms with Crippen LogP contribution in [-0.2, 0) is 4.74 Å². The summed E-state index contributed by atoms with van der Waals surface area (Å²) in [5, 5.41) is 4.66. The molecular formula is C25H26N4O2. The molecule has 1 saturated heterocycles. The lowest BCUT2D eigenvalue weighted by Crippen LogP contribution is -2.28. The number of ether oxygens (including phenoxy) is 2. The minimum atomic E-state index is 0.333. The van der Waals surface area contributed by atoms with Crippen molar-refractivity contribution in [2.24, 2.45) is 0 Å². The summed E-state index contributed by atoms with van der Waals surface area (Å²) >= 11 is 0. The fraction of sp³-hybridized carbons (Fsp3) is 0.280. The van der Waals surface area contributed by atoms with Crippen molar-refractivity contribution in [3.8, 4) is 22.6 Å². The fourth-order valence-corrected chi connectivity index (χ4v) is 4.25. The number of aryl methyl sites for hydroxylation is 1. The van der Waals surface area contributed by atoms with Gasteiger partial charge in [-0.3, -0.25) is 0 Å². The molecule has 4 aromatic rings. The number of anilines is 1. The second-order valence-corrected chi connectivity index (χ2v) is 7.90. The number of aromatic nitrogens is 3. The van der Waals surface area contributed by atoms with Crippen molar-refractivity contribution >= 4 is 16.9 Å². The van der Waals surface area contributed by atoms with E-state index < -0.39 is 0 Å². The Morgan fingerprint density at radius 1 is 1.03 bits per heavy atom. The van der Waals surface area contributed by atoms with Crippen molar-refractivity contribution in [3.63, 3.8) is 0 Å². The van der Waals surface area contributed by atoms with Crippen molar-refractivity contribution < 1.29 is 9.47 Å². The summed E-state index contributed by atoms with van der Waals surface area (Å²) in [6, 6.07) is 16.9. The molecule has 5 rings (SSSR count). The van der Waals surface area contributed by atoms with Gasteiger partial charge in [0.2, 0.25) is 0 Å². The van der Waals surface area contributed by atoms with Crippen molar-refractivity contribution in [3.05, 3.63) is 66.6 Å². The molecule has 0 amide bonds. The van der Waals surface area contributed by atoms with E-state index in [0.717, 1.165) is 65.5 Å². The number of benzene rings is 2. The highest BCUT2D eigenvalue weighted by Crippen LogP contribution is 2.39. The van der Waals surface area contributed by atoms with Crippen molar-refractivity contribution in [2.75, 3.05) is 25.6 Å². The summed E-state index contributed by atoms with van der Waals surface area (Å²) in [7, 11) is 1.70. The lowest BCUT2D eigenvalue weighted by Gasteiger charge is -2.24. The number of fused-ring (bicyclic) bond motifs is 1. The minimum Gasteiger partial charge on any atom is -0.496 e. The Labute approximate surface area is 181 Å². The van der Waals surface area contributed by atoms with Crippen LogP contribution in [0.3, 0.4) is 0 Å². The van der Waals surface area contributed by atoms with Crippen LogP contribution in [0, 0.1) is 6.92 Å². The van der Waals surface area contributed by atoms with E-state index in [1.54, 1.807) is 13.4 Å². The molecule has 1 fully saturated rings. The largest absolute Gasteiger partial charge is 0.496 e. The van der Waals surface area contributed by atoms with Gasteiger partial charge in [0, 0.05) is 42.3 Å². The van der Waals surface area contributed by atoms with E-state index in [4.69, 9.17) is 9.47 Å². The Kier molecular flexibility index (Phi) is 5.30. The first-order chi connectivity index (χ1) is 15.2. The van der Waals surface area contributed by atoms with E-state index >= 15 is 0 Å². The summed E-state index contributed by atoms with van der Waals surface area (Å²) in [6.07, 6.45) is 5.71. The third-order valence-electron chi connectivity index (χ3n) is 5.82. The molecule has 1 aliphatic rings. The van der Waals surface area contributed by atoms with Crippen LogP contribution in [0.2, 0.25) is 0 Å². The number of para-hydroxylation sites is 1. The summed E-state index contributed by atoms with van der Waals surface area (Å²) in [5.41, 5.74) is 5.21. The van der Waals surface area contributed by atoms with Crippen molar-refractivity contribution in [1.29, 1.82) is 0 Å². The van der Waals surface area contributed by atoms with Gasteiger partial charge in [0.05, 0.1) is 12.5 Å². The SMILES string of the molecule is COc1ccccc1-c1cn(-c2cccc(C)c2)c2ncnc(NC3CCOCC3)c12. The summed E-state index contributed by atoms with van der Waals surface area (Å²) in [5.74, 6) is 1.68. The Morgan fingerprint density at radius 3 is 2.68 bits per heavy atom. The third-order valence-corrected chi connectivity index (χ3v) is 5.82. The second kappa shape index (κ2) is 8.40. The summed E-state index contributed by atoms with van der Waals surface area (Å²) in [6.45, 7) is 3.65. The lowest BCUT2D eigenvalue weighted by atomic mass is 10.0. The third kappa shape index (κ3) is 3.75. The van der Waals surface area contributed by atoms with E-state index in [-0.39, 0.29) is 0 Å². The van der Waals surface area contributed by atoms with Gasteiger partial charge in [0.1, 0.15) is 17.9 Å².